The molecule has 2 aliphatic heterocycles. The fourth-order valence-corrected chi connectivity index (χ4v) is 7.88. The summed E-state index contributed by atoms with van der Waals surface area (Å²) < 4.78 is 35.9. The predicted molar refractivity (Wildman–Crippen MR) is 123 cm³/mol. The monoisotopic (exact) mass is 483 g/mol. The van der Waals surface area contributed by atoms with Crippen LogP contribution in [0.3, 0.4) is 0 Å². The zero-order valence-corrected chi connectivity index (χ0v) is 19.3. The molecule has 2 aromatic heterocycles. The van der Waals surface area contributed by atoms with E-state index < -0.39 is 10.0 Å². The molecular weight excluding hydrogens is 462 g/mol. The molecule has 0 spiro atoms. The van der Waals surface area contributed by atoms with Crippen molar-refractivity contribution in [2.24, 2.45) is 0 Å². The van der Waals surface area contributed by atoms with Gasteiger partial charge in [0.1, 0.15) is 17.7 Å². The highest BCUT2D eigenvalue weighted by Gasteiger charge is 2.51. The first-order valence-electron chi connectivity index (χ1n) is 11.2. The third-order valence-electron chi connectivity index (χ3n) is 7.01. The Labute approximate surface area is 196 Å². The molecule has 2 atom stereocenters. The molecule has 0 N–H and O–H groups in total. The van der Waals surface area contributed by atoms with Gasteiger partial charge >= 0.3 is 0 Å². The summed E-state index contributed by atoms with van der Waals surface area (Å²) in [6, 6.07) is 9.13. The largest absolute Gasteiger partial charge is 0.437 e. The normalized spacial score (nSPS) is 25.3. The summed E-state index contributed by atoms with van der Waals surface area (Å²) in [7, 11) is -3.16. The lowest BCUT2D eigenvalue weighted by atomic mass is 9.99. The number of hydrogen-bond donors (Lipinski definition) is 0. The van der Waals surface area contributed by atoms with Gasteiger partial charge in [-0.3, -0.25) is 0 Å². The number of hydrogen-bond acceptors (Lipinski definition) is 6. The molecule has 2 bridgehead atoms. The molecule has 33 heavy (non-hydrogen) atoms. The van der Waals surface area contributed by atoms with Crippen molar-refractivity contribution in [3.63, 3.8) is 0 Å². The molecule has 4 heterocycles. The van der Waals surface area contributed by atoms with Gasteiger partial charge in [-0.15, -0.1) is 0 Å². The molecule has 3 aromatic rings. The van der Waals surface area contributed by atoms with Gasteiger partial charge in [-0.25, -0.2) is 18.4 Å². The summed E-state index contributed by atoms with van der Waals surface area (Å²) in [5, 5.41) is 9.97. The lowest BCUT2D eigenvalue weighted by Crippen LogP contribution is -2.48. The summed E-state index contributed by atoms with van der Waals surface area (Å²) in [6.07, 6.45) is 8.47. The SMILES string of the molecule is N#Cc1ccc(Oc2ncnc3c2ccn3C2CC3CCC(C2)N3S(=O)(=O)C2CC2)c(Cl)c1. The number of piperidine rings is 1. The van der Waals surface area contributed by atoms with Crippen molar-refractivity contribution < 1.29 is 13.2 Å². The molecule has 3 aliphatic rings. The number of sulfonamides is 1. The Morgan fingerprint density at radius 2 is 1.82 bits per heavy atom. The van der Waals surface area contributed by atoms with Gasteiger partial charge in [-0.2, -0.15) is 9.57 Å². The highest BCUT2D eigenvalue weighted by atomic mass is 35.5. The van der Waals surface area contributed by atoms with Gasteiger partial charge in [-0.1, -0.05) is 11.6 Å². The van der Waals surface area contributed by atoms with E-state index in [4.69, 9.17) is 21.6 Å². The Morgan fingerprint density at radius 1 is 1.06 bits per heavy atom. The van der Waals surface area contributed by atoms with E-state index >= 15 is 0 Å². The molecule has 1 aromatic carbocycles. The lowest BCUT2D eigenvalue weighted by Gasteiger charge is -2.38. The fourth-order valence-electron chi connectivity index (χ4n) is 5.37. The number of aromatic nitrogens is 3. The Balaban J connectivity index is 1.28. The van der Waals surface area contributed by atoms with Crippen LogP contribution in [0.5, 0.6) is 11.6 Å². The molecule has 6 rings (SSSR count). The van der Waals surface area contributed by atoms with E-state index in [2.05, 4.69) is 20.6 Å². The Kier molecular flexibility index (Phi) is 4.87. The molecule has 0 amide bonds. The zero-order chi connectivity index (χ0) is 22.7. The van der Waals surface area contributed by atoms with E-state index in [0.29, 0.717) is 22.2 Å². The molecule has 2 unspecified atom stereocenters. The molecule has 1 saturated carbocycles. The van der Waals surface area contributed by atoms with Crippen LogP contribution in [0.15, 0.2) is 36.8 Å². The lowest BCUT2D eigenvalue weighted by molar-refractivity contribution is 0.195. The summed E-state index contributed by atoms with van der Waals surface area (Å²) in [5.74, 6) is 0.808. The smallest absolute Gasteiger partial charge is 0.231 e. The minimum absolute atomic E-state index is 0.0619. The highest BCUT2D eigenvalue weighted by Crippen LogP contribution is 2.46. The molecule has 10 heteroatoms. The predicted octanol–water partition coefficient (Wildman–Crippen LogP) is 4.41. The third-order valence-corrected chi connectivity index (χ3v) is 9.81. The van der Waals surface area contributed by atoms with Gasteiger partial charge in [0.2, 0.25) is 15.9 Å². The number of fused-ring (bicyclic) bond motifs is 3. The molecule has 2 saturated heterocycles. The Hall–Kier alpha value is -2.67. The van der Waals surface area contributed by atoms with Crippen LogP contribution in [0, 0.1) is 11.3 Å². The van der Waals surface area contributed by atoms with E-state index in [1.165, 1.54) is 6.33 Å². The van der Waals surface area contributed by atoms with Crippen LogP contribution in [0.1, 0.15) is 50.1 Å². The van der Waals surface area contributed by atoms with Crippen molar-refractivity contribution in [2.75, 3.05) is 0 Å². The maximum atomic E-state index is 13.0. The van der Waals surface area contributed by atoms with Crippen molar-refractivity contribution in [1.82, 2.24) is 18.8 Å². The summed E-state index contributed by atoms with van der Waals surface area (Å²) in [4.78, 5) is 8.81. The Bertz CT molecular complexity index is 1380. The van der Waals surface area contributed by atoms with E-state index in [-0.39, 0.29) is 23.4 Å². The van der Waals surface area contributed by atoms with Crippen molar-refractivity contribution in [3.05, 3.63) is 47.4 Å². The summed E-state index contributed by atoms with van der Waals surface area (Å²) in [6.45, 7) is 0. The topological polar surface area (TPSA) is 101 Å². The van der Waals surface area contributed by atoms with Crippen LogP contribution in [0.4, 0.5) is 0 Å². The van der Waals surface area contributed by atoms with Crippen LogP contribution in [-0.2, 0) is 10.0 Å². The molecule has 170 valence electrons. The maximum Gasteiger partial charge on any atom is 0.231 e. The second-order valence-corrected chi connectivity index (χ2v) is 11.6. The van der Waals surface area contributed by atoms with Crippen LogP contribution in [0.25, 0.3) is 11.0 Å². The van der Waals surface area contributed by atoms with Crippen LogP contribution in [-0.4, -0.2) is 44.6 Å². The van der Waals surface area contributed by atoms with Crippen molar-refractivity contribution in [3.8, 4) is 17.7 Å². The number of nitrogens with zero attached hydrogens (tertiary/aromatic N) is 5. The van der Waals surface area contributed by atoms with Gasteiger partial charge in [0.15, 0.2) is 0 Å². The van der Waals surface area contributed by atoms with E-state index in [9.17, 15) is 8.42 Å². The molecule has 8 nitrogen and oxygen atoms in total. The second-order valence-electron chi connectivity index (χ2n) is 9.08. The van der Waals surface area contributed by atoms with Crippen molar-refractivity contribution in [2.45, 2.75) is 61.9 Å². The fraction of sp³-hybridized carbons (Fsp3) is 0.435. The standard InChI is InChI=1S/C23H22ClN5O3S/c24-20-9-14(12-25)1-6-21(20)32-23-19-7-8-28(22(19)26-13-27-23)17-10-15-2-3-16(11-17)29(15)33(30,31)18-4-5-18/h1,6-9,13,15-18H,2-5,10-11H2. The van der Waals surface area contributed by atoms with Gasteiger partial charge < -0.3 is 9.30 Å². The molecule has 1 aliphatic carbocycles. The third kappa shape index (κ3) is 3.48. The molecule has 0 radical (unpaired) electrons. The maximum absolute atomic E-state index is 13.0. The highest BCUT2D eigenvalue weighted by molar-refractivity contribution is 7.90. The number of rotatable bonds is 5. The number of ether oxygens (including phenoxy) is 1. The van der Waals surface area contributed by atoms with Crippen LogP contribution < -0.4 is 4.74 Å². The van der Waals surface area contributed by atoms with Crippen molar-refractivity contribution in [1.29, 1.82) is 5.26 Å². The first-order chi connectivity index (χ1) is 16.0. The Morgan fingerprint density at radius 3 is 2.48 bits per heavy atom. The first kappa shape index (κ1) is 20.9. The van der Waals surface area contributed by atoms with Gasteiger partial charge in [0.05, 0.1) is 27.3 Å². The number of nitriles is 1. The molecular formula is C23H22ClN5O3S. The summed E-state index contributed by atoms with van der Waals surface area (Å²) >= 11 is 6.27. The zero-order valence-electron chi connectivity index (χ0n) is 17.8. The van der Waals surface area contributed by atoms with Crippen LogP contribution in [0.2, 0.25) is 5.02 Å². The number of benzene rings is 1. The quantitative estimate of drug-likeness (QED) is 0.532. The van der Waals surface area contributed by atoms with Crippen LogP contribution >= 0.6 is 11.6 Å². The minimum atomic E-state index is -3.16. The minimum Gasteiger partial charge on any atom is -0.437 e. The summed E-state index contributed by atoms with van der Waals surface area (Å²) in [5.41, 5.74) is 1.21. The van der Waals surface area contributed by atoms with E-state index in [0.717, 1.165) is 49.6 Å². The van der Waals surface area contributed by atoms with E-state index in [1.807, 2.05) is 16.6 Å². The number of halogens is 1. The van der Waals surface area contributed by atoms with E-state index in [1.54, 1.807) is 18.2 Å². The first-order valence-corrected chi connectivity index (χ1v) is 13.0. The van der Waals surface area contributed by atoms with Gasteiger partial charge in [0, 0.05) is 24.3 Å². The van der Waals surface area contributed by atoms with Gasteiger partial charge in [-0.05, 0) is 62.8 Å². The average Bonchev–Trinajstić information content (AvgIpc) is 3.52. The second kappa shape index (κ2) is 7.69. The molecule has 3 fully saturated rings. The van der Waals surface area contributed by atoms with Gasteiger partial charge in [0.25, 0.3) is 0 Å². The van der Waals surface area contributed by atoms with Crippen molar-refractivity contribution >= 4 is 32.7 Å². The average molecular weight is 484 g/mol.